The molecular formula is C16H31ClN4O4S. The van der Waals surface area contributed by atoms with Gasteiger partial charge in [-0.15, -0.1) is 12.4 Å². The van der Waals surface area contributed by atoms with Crippen LogP contribution in [0.5, 0.6) is 0 Å². The number of carbonyl (C=O) groups excluding carboxylic acids is 1. The highest BCUT2D eigenvalue weighted by atomic mass is 35.5. The lowest BCUT2D eigenvalue weighted by molar-refractivity contribution is -0.126. The Bertz CT molecular complexity index is 563. The number of rotatable bonds is 5. The number of carbonyl (C=O) groups is 1. The summed E-state index contributed by atoms with van der Waals surface area (Å²) in [6.45, 7) is 3.22. The lowest BCUT2D eigenvalue weighted by Crippen LogP contribution is -2.53. The third kappa shape index (κ3) is 4.88. The minimum atomic E-state index is -3.41. The van der Waals surface area contributed by atoms with Crippen LogP contribution in [-0.2, 0) is 19.7 Å². The molecule has 0 radical (unpaired) electrons. The van der Waals surface area contributed by atoms with Crippen LogP contribution in [0.15, 0.2) is 0 Å². The number of nitrogens with two attached hydrogens (primary N) is 1. The fourth-order valence-corrected chi connectivity index (χ4v) is 5.75. The largest absolute Gasteiger partial charge is 0.379 e. The van der Waals surface area contributed by atoms with Crippen LogP contribution in [0.3, 0.4) is 0 Å². The van der Waals surface area contributed by atoms with Gasteiger partial charge in [0.2, 0.25) is 5.91 Å². The maximum Gasteiger partial charge on any atom is 0.282 e. The summed E-state index contributed by atoms with van der Waals surface area (Å²) in [6.07, 6.45) is 4.34. The van der Waals surface area contributed by atoms with Gasteiger partial charge < -0.3 is 15.8 Å². The molecule has 10 heteroatoms. The third-order valence-corrected chi connectivity index (χ3v) is 7.76. The van der Waals surface area contributed by atoms with E-state index in [2.05, 4.69) is 5.32 Å². The van der Waals surface area contributed by atoms with Crippen molar-refractivity contribution in [3.05, 3.63) is 0 Å². The molecule has 8 nitrogen and oxygen atoms in total. The van der Waals surface area contributed by atoms with Crippen molar-refractivity contribution in [3.63, 3.8) is 0 Å². The number of nitrogens with one attached hydrogen (secondary N) is 1. The Morgan fingerprint density at radius 2 is 1.65 bits per heavy atom. The van der Waals surface area contributed by atoms with Gasteiger partial charge in [-0.1, -0.05) is 6.42 Å². The van der Waals surface area contributed by atoms with Crippen LogP contribution < -0.4 is 11.1 Å². The number of ether oxygens (including phenoxy) is 1. The molecule has 0 aromatic heterocycles. The second-order valence-corrected chi connectivity index (χ2v) is 9.16. The predicted octanol–water partition coefficient (Wildman–Crippen LogP) is -0.0592. The van der Waals surface area contributed by atoms with Crippen molar-refractivity contribution in [2.24, 2.45) is 17.6 Å². The molecular weight excluding hydrogens is 380 g/mol. The molecule has 2 saturated heterocycles. The van der Waals surface area contributed by atoms with Crippen LogP contribution in [0, 0.1) is 11.8 Å². The number of morpholine rings is 1. The molecule has 26 heavy (non-hydrogen) atoms. The summed E-state index contributed by atoms with van der Waals surface area (Å²) in [5.74, 6) is 0.421. The van der Waals surface area contributed by atoms with E-state index in [1.54, 1.807) is 4.31 Å². The van der Waals surface area contributed by atoms with Gasteiger partial charge in [-0.2, -0.15) is 17.0 Å². The summed E-state index contributed by atoms with van der Waals surface area (Å²) < 4.78 is 33.6. The highest BCUT2D eigenvalue weighted by molar-refractivity contribution is 7.86. The molecule has 0 aromatic carbocycles. The maximum atomic E-state index is 12.7. The Balaban J connectivity index is 0.00000243. The van der Waals surface area contributed by atoms with Crippen molar-refractivity contribution < 1.29 is 17.9 Å². The van der Waals surface area contributed by atoms with Gasteiger partial charge in [0.05, 0.1) is 13.2 Å². The fraction of sp³-hybridized carbons (Fsp3) is 0.938. The van der Waals surface area contributed by atoms with Crippen molar-refractivity contribution in [1.82, 2.24) is 13.9 Å². The van der Waals surface area contributed by atoms with E-state index in [0.29, 0.717) is 64.7 Å². The van der Waals surface area contributed by atoms with Gasteiger partial charge in [0, 0.05) is 38.1 Å². The summed E-state index contributed by atoms with van der Waals surface area (Å²) in [4.78, 5) is 12.5. The van der Waals surface area contributed by atoms with E-state index in [4.69, 9.17) is 10.5 Å². The molecule has 2 heterocycles. The lowest BCUT2D eigenvalue weighted by atomic mass is 9.94. The molecule has 2 aliphatic heterocycles. The number of nitrogens with zero attached hydrogens (tertiary/aromatic N) is 2. The highest BCUT2D eigenvalue weighted by Gasteiger charge is 2.36. The number of halogens is 1. The normalized spacial score (nSPS) is 29.3. The third-order valence-electron chi connectivity index (χ3n) is 5.72. The SMILES string of the molecule is Cl.NC[C@H]1CCC[C@H]1C(=O)NC1CCN(S(=O)(=O)N2CCOCC2)CC1. The van der Waals surface area contributed by atoms with Crippen molar-refractivity contribution >= 4 is 28.5 Å². The van der Waals surface area contributed by atoms with Crippen LogP contribution in [-0.4, -0.2) is 74.9 Å². The second-order valence-electron chi connectivity index (χ2n) is 7.23. The number of amides is 1. The van der Waals surface area contributed by atoms with Gasteiger partial charge >= 0.3 is 0 Å². The molecule has 1 aliphatic carbocycles. The lowest BCUT2D eigenvalue weighted by Gasteiger charge is -2.36. The summed E-state index contributed by atoms with van der Waals surface area (Å²) >= 11 is 0. The van der Waals surface area contributed by atoms with Gasteiger partial charge in [0.25, 0.3) is 10.2 Å². The molecule has 3 aliphatic rings. The molecule has 1 amide bonds. The van der Waals surface area contributed by atoms with E-state index in [9.17, 15) is 13.2 Å². The van der Waals surface area contributed by atoms with Gasteiger partial charge in [-0.25, -0.2) is 0 Å². The molecule has 0 spiro atoms. The molecule has 2 atom stereocenters. The predicted molar refractivity (Wildman–Crippen MR) is 101 cm³/mol. The first-order valence-electron chi connectivity index (χ1n) is 9.36. The summed E-state index contributed by atoms with van der Waals surface area (Å²) in [7, 11) is -3.41. The number of hydrogen-bond donors (Lipinski definition) is 2. The molecule has 3 rings (SSSR count). The zero-order valence-corrected chi connectivity index (χ0v) is 16.8. The quantitative estimate of drug-likeness (QED) is 0.660. The molecule has 0 unspecified atom stereocenters. The minimum Gasteiger partial charge on any atom is -0.379 e. The van der Waals surface area contributed by atoms with Crippen molar-refractivity contribution in [2.45, 2.75) is 38.1 Å². The van der Waals surface area contributed by atoms with Crippen molar-refractivity contribution in [1.29, 1.82) is 0 Å². The van der Waals surface area contributed by atoms with Gasteiger partial charge in [-0.3, -0.25) is 4.79 Å². The first kappa shape index (κ1) is 21.8. The Hall–Kier alpha value is -0.450. The monoisotopic (exact) mass is 410 g/mol. The van der Waals surface area contributed by atoms with E-state index in [0.717, 1.165) is 19.3 Å². The molecule has 0 bridgehead atoms. The van der Waals surface area contributed by atoms with Crippen molar-refractivity contribution in [3.8, 4) is 0 Å². The highest BCUT2D eigenvalue weighted by Crippen LogP contribution is 2.31. The van der Waals surface area contributed by atoms with Gasteiger partial charge in [0.1, 0.15) is 0 Å². The molecule has 3 N–H and O–H groups in total. The first-order chi connectivity index (χ1) is 12.0. The van der Waals surface area contributed by atoms with E-state index in [1.807, 2.05) is 0 Å². The molecule has 0 aromatic rings. The Labute approximate surface area is 162 Å². The summed E-state index contributed by atoms with van der Waals surface area (Å²) in [5.41, 5.74) is 5.77. The topological polar surface area (TPSA) is 105 Å². The van der Waals surface area contributed by atoms with Crippen LogP contribution in [0.4, 0.5) is 0 Å². The summed E-state index contributed by atoms with van der Waals surface area (Å²) in [6, 6.07) is 0.0580. The van der Waals surface area contributed by atoms with E-state index >= 15 is 0 Å². The van der Waals surface area contributed by atoms with E-state index in [1.165, 1.54) is 4.31 Å². The van der Waals surface area contributed by atoms with Gasteiger partial charge in [-0.05, 0) is 38.1 Å². The van der Waals surface area contributed by atoms with Crippen LogP contribution >= 0.6 is 12.4 Å². The Morgan fingerprint density at radius 3 is 2.27 bits per heavy atom. The zero-order chi connectivity index (χ0) is 17.9. The summed E-state index contributed by atoms with van der Waals surface area (Å²) in [5, 5.41) is 3.13. The van der Waals surface area contributed by atoms with E-state index < -0.39 is 10.2 Å². The first-order valence-corrected chi connectivity index (χ1v) is 10.8. The molecule has 3 fully saturated rings. The average molecular weight is 411 g/mol. The molecule has 152 valence electrons. The van der Waals surface area contributed by atoms with Gasteiger partial charge in [0.15, 0.2) is 0 Å². The molecule has 1 saturated carbocycles. The zero-order valence-electron chi connectivity index (χ0n) is 15.1. The Morgan fingerprint density at radius 1 is 1.04 bits per heavy atom. The van der Waals surface area contributed by atoms with Crippen LogP contribution in [0.1, 0.15) is 32.1 Å². The van der Waals surface area contributed by atoms with E-state index in [-0.39, 0.29) is 30.3 Å². The van der Waals surface area contributed by atoms with Crippen molar-refractivity contribution in [2.75, 3.05) is 45.9 Å². The van der Waals surface area contributed by atoms with Crippen LogP contribution in [0.2, 0.25) is 0 Å². The number of piperidine rings is 1. The average Bonchev–Trinajstić information content (AvgIpc) is 3.12. The smallest absolute Gasteiger partial charge is 0.282 e. The standard InChI is InChI=1S/C16H30N4O4S.ClH/c17-12-13-2-1-3-15(13)16(21)18-14-4-6-19(7-5-14)25(22,23)20-8-10-24-11-9-20;/h13-15H,1-12,17H2,(H,18,21);1H/t13-,15-;/m1./s1. The second kappa shape index (κ2) is 9.66. The fourth-order valence-electron chi connectivity index (χ4n) is 4.14. The van der Waals surface area contributed by atoms with Crippen LogP contribution in [0.25, 0.3) is 0 Å². The maximum absolute atomic E-state index is 12.7. The number of hydrogen-bond acceptors (Lipinski definition) is 5. The minimum absolute atomic E-state index is 0. The Kier molecular flexibility index (Phi) is 8.11.